The Kier molecular flexibility index (Phi) is 11.5. The van der Waals surface area contributed by atoms with Crippen LogP contribution in [-0.2, 0) is 24.4 Å². The topological polar surface area (TPSA) is 185 Å². The van der Waals surface area contributed by atoms with Gasteiger partial charge in [-0.15, -0.1) is 0 Å². The zero-order chi connectivity index (χ0) is 41.7. The highest BCUT2D eigenvalue weighted by Gasteiger charge is 2.63. The molecule has 2 saturated carbocycles. The van der Waals surface area contributed by atoms with Crippen LogP contribution in [0.2, 0.25) is 0 Å². The molecule has 14 nitrogen and oxygen atoms in total. The maximum absolute atomic E-state index is 15.1. The van der Waals surface area contributed by atoms with Gasteiger partial charge >= 0.3 is 12.3 Å². The largest absolute Gasteiger partial charge is 0.496 e. The van der Waals surface area contributed by atoms with Crippen molar-refractivity contribution in [2.24, 2.45) is 17.8 Å². The Morgan fingerprint density at radius 3 is 2.47 bits per heavy atom. The lowest BCUT2D eigenvalue weighted by atomic mass is 9.82. The van der Waals surface area contributed by atoms with Crippen molar-refractivity contribution in [3.05, 3.63) is 42.6 Å². The van der Waals surface area contributed by atoms with E-state index in [4.69, 9.17) is 9.47 Å². The minimum Gasteiger partial charge on any atom is -0.496 e. The highest BCUT2D eigenvalue weighted by molar-refractivity contribution is 7.91. The number of fused-ring (bicyclic) bond motifs is 3. The van der Waals surface area contributed by atoms with Crippen LogP contribution in [0.25, 0.3) is 10.8 Å². The van der Waals surface area contributed by atoms with E-state index in [2.05, 4.69) is 15.0 Å². The lowest BCUT2D eigenvalue weighted by Gasteiger charge is -2.46. The van der Waals surface area contributed by atoms with E-state index in [1.54, 1.807) is 37.3 Å². The number of aromatic nitrogens is 1. The Bertz CT molecular complexity index is 2040. The van der Waals surface area contributed by atoms with E-state index in [1.807, 2.05) is 13.0 Å². The van der Waals surface area contributed by atoms with Gasteiger partial charge in [0, 0.05) is 29.3 Å². The molecule has 3 heterocycles. The maximum atomic E-state index is 15.1. The molecule has 2 aliphatic heterocycles. The maximum Gasteiger partial charge on any atom is 0.411 e. The van der Waals surface area contributed by atoms with E-state index < -0.39 is 86.4 Å². The SMILES string of the molecule is CC[C@@H]1C[C@H](C)CCC=C[C@@H]2C[C@@]2(C(=O)NS(=O)(=O)C2CC2)NC(=O)[C@@H]2C[C@@H](Oc3nccc4c(OC)cccc34)CN2C(=O)[C@H]1N(C(=O)O)C(C)(C)C(F)(F)F. The normalized spacial score (nSPS) is 28.7. The predicted molar refractivity (Wildman–Crippen MR) is 202 cm³/mol. The number of methoxy groups -OCH3 is 1. The van der Waals surface area contributed by atoms with Crippen molar-refractivity contribution in [1.29, 1.82) is 0 Å². The molecule has 4 aliphatic rings. The number of hydrogen-bond acceptors (Lipinski definition) is 9. The number of nitrogens with zero attached hydrogens (tertiary/aromatic N) is 3. The molecule has 2 aliphatic carbocycles. The van der Waals surface area contributed by atoms with E-state index in [-0.39, 0.29) is 48.9 Å². The molecule has 2 aromatic rings. The molecule has 7 atom stereocenters. The van der Waals surface area contributed by atoms with Gasteiger partial charge in [0.25, 0.3) is 5.91 Å². The van der Waals surface area contributed by atoms with Gasteiger partial charge in [-0.3, -0.25) is 24.0 Å². The number of carbonyl (C=O) groups is 4. The standard InChI is InChI=1S/C39H50F3N5O9S/c1-6-23-18-22(2)10-7-8-11-24-20-38(24,35(50)45-57(53,54)26-14-15-26)44-32(48)29-19-25(56-33-28-12-9-13-30(55-5)27(28)16-17-43-33)21-46(29)34(49)31(23)47(36(51)52)37(3,4)39(40,41)42/h8-9,11-13,16-17,22-26,29,31H,6-7,10,14-15,18-21H2,1-5H3,(H,44,48)(H,45,50)(H,51,52)/t22-,23-,24-,25-,29+,31+,38-/m1/s1. The quantitative estimate of drug-likeness (QED) is 0.286. The van der Waals surface area contributed by atoms with E-state index in [1.165, 1.54) is 13.3 Å². The molecule has 18 heteroatoms. The second kappa shape index (κ2) is 15.6. The zero-order valence-corrected chi connectivity index (χ0v) is 33.4. The van der Waals surface area contributed by atoms with Gasteiger partial charge in [-0.25, -0.2) is 18.2 Å². The summed E-state index contributed by atoms with van der Waals surface area (Å²) in [6.07, 6.45) is -1.03. The van der Waals surface area contributed by atoms with Crippen LogP contribution in [0, 0.1) is 17.8 Å². The van der Waals surface area contributed by atoms with Gasteiger partial charge in [0.05, 0.1) is 18.9 Å². The lowest BCUT2D eigenvalue weighted by molar-refractivity contribution is -0.222. The van der Waals surface area contributed by atoms with E-state index >= 15 is 4.79 Å². The summed E-state index contributed by atoms with van der Waals surface area (Å²) in [5, 5.41) is 13.7. The number of sulfonamides is 1. The third-order valence-corrected chi connectivity index (χ3v) is 13.8. The summed E-state index contributed by atoms with van der Waals surface area (Å²) in [7, 11) is -2.52. The van der Waals surface area contributed by atoms with Crippen molar-refractivity contribution >= 4 is 44.6 Å². The molecule has 6 rings (SSSR count). The van der Waals surface area contributed by atoms with Gasteiger partial charge < -0.3 is 24.8 Å². The average molecular weight is 822 g/mol. The van der Waals surface area contributed by atoms with E-state index in [0.717, 1.165) is 4.90 Å². The first kappa shape index (κ1) is 42.0. The van der Waals surface area contributed by atoms with Crippen LogP contribution in [0.3, 0.4) is 0 Å². The lowest BCUT2D eigenvalue weighted by Crippen LogP contribution is -2.66. The molecular weight excluding hydrogens is 772 g/mol. The van der Waals surface area contributed by atoms with Gasteiger partial charge in [-0.1, -0.05) is 38.5 Å². The molecule has 57 heavy (non-hydrogen) atoms. The number of nitrogens with one attached hydrogen (secondary N) is 2. The minimum absolute atomic E-state index is 0.0618. The zero-order valence-electron chi connectivity index (χ0n) is 32.5. The molecule has 1 aromatic carbocycles. The van der Waals surface area contributed by atoms with Gasteiger partial charge in [0.15, 0.2) is 0 Å². The fourth-order valence-electron chi connectivity index (χ4n) is 8.25. The molecule has 3 N–H and O–H groups in total. The molecular formula is C39H50F3N5O9S. The number of halogens is 3. The van der Waals surface area contributed by atoms with Crippen molar-refractivity contribution in [3.8, 4) is 11.6 Å². The van der Waals surface area contributed by atoms with Crippen molar-refractivity contribution in [3.63, 3.8) is 0 Å². The molecule has 4 amide bonds. The summed E-state index contributed by atoms with van der Waals surface area (Å²) in [5.74, 6) is -3.84. The summed E-state index contributed by atoms with van der Waals surface area (Å²) < 4.78 is 84.0. The van der Waals surface area contributed by atoms with Crippen molar-refractivity contribution in [2.75, 3.05) is 13.7 Å². The van der Waals surface area contributed by atoms with Crippen LogP contribution >= 0.6 is 0 Å². The van der Waals surface area contributed by atoms with Crippen LogP contribution < -0.4 is 19.5 Å². The fraction of sp³-hybridized carbons (Fsp3) is 0.615. The summed E-state index contributed by atoms with van der Waals surface area (Å²) in [5.41, 5.74) is -4.73. The molecule has 0 radical (unpaired) electrons. The highest BCUT2D eigenvalue weighted by atomic mass is 32.2. The Hall–Kier alpha value is -4.61. The minimum atomic E-state index is -5.09. The van der Waals surface area contributed by atoms with Crippen LogP contribution in [0.15, 0.2) is 42.6 Å². The van der Waals surface area contributed by atoms with Gasteiger partial charge in [-0.2, -0.15) is 13.2 Å². The third-order valence-electron chi connectivity index (χ3n) is 11.9. The number of ether oxygens (including phenoxy) is 2. The molecule has 0 unspecified atom stereocenters. The molecule has 1 aromatic heterocycles. The summed E-state index contributed by atoms with van der Waals surface area (Å²) in [6.45, 7) is 4.61. The van der Waals surface area contributed by atoms with Crippen molar-refractivity contribution < 1.29 is 55.3 Å². The third kappa shape index (κ3) is 8.23. The number of amides is 4. The fourth-order valence-corrected chi connectivity index (χ4v) is 9.62. The summed E-state index contributed by atoms with van der Waals surface area (Å²) in [6, 6.07) is 3.57. The smallest absolute Gasteiger partial charge is 0.411 e. The van der Waals surface area contributed by atoms with Gasteiger partial charge in [0.1, 0.15) is 35.0 Å². The van der Waals surface area contributed by atoms with Crippen molar-refractivity contribution in [1.82, 2.24) is 24.8 Å². The average Bonchev–Trinajstić information content (AvgIpc) is 4.07. The van der Waals surface area contributed by atoms with Crippen LogP contribution in [0.5, 0.6) is 11.6 Å². The number of allylic oxidation sites excluding steroid dienone is 1. The van der Waals surface area contributed by atoms with Crippen LogP contribution in [0.4, 0.5) is 18.0 Å². The monoisotopic (exact) mass is 821 g/mol. The summed E-state index contributed by atoms with van der Waals surface area (Å²) in [4.78, 5) is 62.0. The Labute approximate surface area is 329 Å². The molecule has 3 fully saturated rings. The first-order valence-corrected chi connectivity index (χ1v) is 20.8. The van der Waals surface area contributed by atoms with Crippen LogP contribution in [0.1, 0.15) is 79.1 Å². The Morgan fingerprint density at radius 2 is 1.84 bits per heavy atom. The number of alkyl halides is 3. The second-order valence-corrected chi connectivity index (χ2v) is 18.2. The number of carbonyl (C=O) groups excluding carboxylic acids is 3. The summed E-state index contributed by atoms with van der Waals surface area (Å²) >= 11 is 0. The van der Waals surface area contributed by atoms with E-state index in [9.17, 15) is 41.1 Å². The highest BCUT2D eigenvalue weighted by Crippen LogP contribution is 2.47. The number of pyridine rings is 1. The molecule has 0 spiro atoms. The van der Waals surface area contributed by atoms with Gasteiger partial charge in [0.2, 0.25) is 27.7 Å². The first-order chi connectivity index (χ1) is 26.8. The Balaban J connectivity index is 1.44. The van der Waals surface area contributed by atoms with Crippen LogP contribution in [-0.4, -0.2) is 106 Å². The number of rotatable bonds is 9. The van der Waals surface area contributed by atoms with Gasteiger partial charge in [-0.05, 0) is 82.4 Å². The molecule has 1 saturated heterocycles. The number of benzene rings is 1. The number of hydrogen-bond donors (Lipinski definition) is 3. The second-order valence-electron chi connectivity index (χ2n) is 16.3. The Morgan fingerprint density at radius 1 is 1.12 bits per heavy atom. The number of carboxylic acid groups (broad SMARTS) is 1. The molecule has 312 valence electrons. The first-order valence-electron chi connectivity index (χ1n) is 19.3. The molecule has 0 bridgehead atoms. The van der Waals surface area contributed by atoms with Crippen molar-refractivity contribution in [2.45, 2.75) is 120 Å². The van der Waals surface area contributed by atoms with E-state index in [0.29, 0.717) is 56.1 Å². The predicted octanol–water partition coefficient (Wildman–Crippen LogP) is 5.17.